The van der Waals surface area contributed by atoms with Gasteiger partial charge in [0.2, 0.25) is 0 Å². The average Bonchev–Trinajstić information content (AvgIpc) is 3.19. The Balaban J connectivity index is 1.68. The molecule has 0 amide bonds. The van der Waals surface area contributed by atoms with Crippen molar-refractivity contribution in [1.29, 1.82) is 5.26 Å². The predicted octanol–water partition coefficient (Wildman–Crippen LogP) is 4.40. The Labute approximate surface area is 162 Å². The summed E-state index contributed by atoms with van der Waals surface area (Å²) in [6.07, 6.45) is 0. The average molecular weight is 390 g/mol. The fourth-order valence-corrected chi connectivity index (χ4v) is 3.29. The van der Waals surface area contributed by atoms with Gasteiger partial charge >= 0.3 is 5.63 Å². The standard InChI is InChI=1S/C20H11FN4O2S/c21-14-6-2-3-7-15(14)24-25-16(10-22)19-23-17(11-28-19)13-9-12-5-1-4-8-18(12)27-20(13)26/h1-9,11,24H/b25-16-. The van der Waals surface area contributed by atoms with E-state index in [1.807, 2.05) is 18.2 Å². The van der Waals surface area contributed by atoms with Gasteiger partial charge in [0.1, 0.15) is 17.5 Å². The third-order valence-electron chi connectivity index (χ3n) is 3.89. The van der Waals surface area contributed by atoms with Crippen LogP contribution in [0.25, 0.3) is 22.2 Å². The number of benzene rings is 2. The molecular formula is C20H11FN4O2S. The minimum atomic E-state index is -0.518. The summed E-state index contributed by atoms with van der Waals surface area (Å²) in [5.41, 5.74) is 3.28. The predicted molar refractivity (Wildman–Crippen MR) is 106 cm³/mol. The molecule has 0 fully saturated rings. The zero-order valence-corrected chi connectivity index (χ0v) is 15.0. The van der Waals surface area contributed by atoms with Crippen molar-refractivity contribution in [1.82, 2.24) is 4.98 Å². The molecule has 136 valence electrons. The summed E-state index contributed by atoms with van der Waals surface area (Å²) in [5, 5.41) is 16.0. The molecule has 0 unspecified atom stereocenters. The molecular weight excluding hydrogens is 379 g/mol. The highest BCUT2D eigenvalue weighted by atomic mass is 32.1. The molecule has 0 bridgehead atoms. The molecule has 0 saturated heterocycles. The molecule has 0 aliphatic carbocycles. The topological polar surface area (TPSA) is 91.3 Å². The lowest BCUT2D eigenvalue weighted by molar-refractivity contribution is 0.563. The van der Waals surface area contributed by atoms with Gasteiger partial charge in [0.15, 0.2) is 10.7 Å². The molecule has 0 radical (unpaired) electrons. The zero-order valence-electron chi connectivity index (χ0n) is 14.2. The van der Waals surface area contributed by atoms with Crippen LogP contribution in [0.4, 0.5) is 10.1 Å². The van der Waals surface area contributed by atoms with Gasteiger partial charge in [-0.3, -0.25) is 5.43 Å². The van der Waals surface area contributed by atoms with Crippen LogP contribution in [0.2, 0.25) is 0 Å². The molecule has 1 N–H and O–H groups in total. The molecule has 6 nitrogen and oxygen atoms in total. The second-order valence-electron chi connectivity index (χ2n) is 5.69. The number of halogens is 1. The molecule has 2 aromatic heterocycles. The van der Waals surface area contributed by atoms with E-state index >= 15 is 0 Å². The molecule has 2 aromatic carbocycles. The van der Waals surface area contributed by atoms with Crippen molar-refractivity contribution in [3.63, 3.8) is 0 Å². The van der Waals surface area contributed by atoms with E-state index in [2.05, 4.69) is 15.5 Å². The molecule has 4 aromatic rings. The van der Waals surface area contributed by atoms with Crippen LogP contribution < -0.4 is 11.1 Å². The summed E-state index contributed by atoms with van der Waals surface area (Å²) in [6, 6.07) is 16.8. The van der Waals surface area contributed by atoms with Crippen LogP contribution >= 0.6 is 11.3 Å². The first-order valence-electron chi connectivity index (χ1n) is 8.13. The lowest BCUT2D eigenvalue weighted by atomic mass is 10.1. The van der Waals surface area contributed by atoms with Crippen molar-refractivity contribution in [2.45, 2.75) is 0 Å². The molecule has 0 saturated carbocycles. The molecule has 0 atom stereocenters. The number of hydrazone groups is 1. The van der Waals surface area contributed by atoms with E-state index in [4.69, 9.17) is 4.42 Å². The van der Waals surface area contributed by atoms with Gasteiger partial charge in [0.05, 0.1) is 16.9 Å². The first kappa shape index (κ1) is 17.6. The Hall–Kier alpha value is -3.83. The van der Waals surface area contributed by atoms with Gasteiger partial charge in [-0.2, -0.15) is 10.4 Å². The number of nitrogens with one attached hydrogen (secondary N) is 1. The Morgan fingerprint density at radius 3 is 2.82 bits per heavy atom. The number of nitrogens with zero attached hydrogens (tertiary/aromatic N) is 3. The maximum absolute atomic E-state index is 13.7. The van der Waals surface area contributed by atoms with E-state index < -0.39 is 11.4 Å². The highest BCUT2D eigenvalue weighted by Crippen LogP contribution is 2.23. The maximum Gasteiger partial charge on any atom is 0.345 e. The van der Waals surface area contributed by atoms with Gasteiger partial charge in [-0.05, 0) is 24.3 Å². The van der Waals surface area contributed by atoms with Gasteiger partial charge < -0.3 is 4.42 Å². The lowest BCUT2D eigenvalue weighted by Gasteiger charge is -2.01. The Kier molecular flexibility index (Phi) is 4.66. The van der Waals surface area contributed by atoms with E-state index in [1.54, 1.807) is 35.7 Å². The third kappa shape index (κ3) is 3.39. The molecule has 0 aliphatic rings. The fraction of sp³-hybridized carbons (Fsp3) is 0. The number of para-hydroxylation sites is 2. The van der Waals surface area contributed by atoms with Gasteiger partial charge in [-0.25, -0.2) is 14.2 Å². The van der Waals surface area contributed by atoms with Crippen LogP contribution in [0, 0.1) is 17.1 Å². The molecule has 2 heterocycles. The number of nitriles is 1. The Bertz CT molecular complexity index is 1300. The zero-order chi connectivity index (χ0) is 19.5. The summed E-state index contributed by atoms with van der Waals surface area (Å²) in [6.45, 7) is 0. The number of rotatable bonds is 4. The second-order valence-corrected chi connectivity index (χ2v) is 6.55. The Morgan fingerprint density at radius 2 is 2.00 bits per heavy atom. The van der Waals surface area contributed by atoms with Crippen LogP contribution in [-0.2, 0) is 0 Å². The highest BCUT2D eigenvalue weighted by Gasteiger charge is 2.14. The molecule has 8 heteroatoms. The second kappa shape index (κ2) is 7.42. The van der Waals surface area contributed by atoms with Crippen molar-refractivity contribution in [3.05, 3.63) is 81.2 Å². The first-order valence-corrected chi connectivity index (χ1v) is 9.01. The summed E-state index contributed by atoms with van der Waals surface area (Å²) in [4.78, 5) is 16.6. The highest BCUT2D eigenvalue weighted by molar-refractivity contribution is 7.12. The van der Waals surface area contributed by atoms with E-state index in [-0.39, 0.29) is 11.4 Å². The summed E-state index contributed by atoms with van der Waals surface area (Å²) >= 11 is 1.15. The van der Waals surface area contributed by atoms with Crippen LogP contribution in [-0.4, -0.2) is 10.7 Å². The molecule has 28 heavy (non-hydrogen) atoms. The minimum absolute atomic E-state index is 0.0234. The monoisotopic (exact) mass is 390 g/mol. The third-order valence-corrected chi connectivity index (χ3v) is 4.74. The largest absolute Gasteiger partial charge is 0.422 e. The minimum Gasteiger partial charge on any atom is -0.422 e. The number of hydrogen-bond acceptors (Lipinski definition) is 7. The maximum atomic E-state index is 13.7. The number of thiazole rings is 1. The fourth-order valence-electron chi connectivity index (χ4n) is 2.54. The van der Waals surface area contributed by atoms with Gasteiger partial charge in [0.25, 0.3) is 0 Å². The summed E-state index contributed by atoms with van der Waals surface area (Å²) in [7, 11) is 0. The lowest BCUT2D eigenvalue weighted by Crippen LogP contribution is -2.05. The van der Waals surface area contributed by atoms with Crippen molar-refractivity contribution in [3.8, 4) is 17.3 Å². The number of aromatic nitrogens is 1. The normalized spacial score (nSPS) is 11.4. The van der Waals surface area contributed by atoms with Crippen molar-refractivity contribution < 1.29 is 8.81 Å². The van der Waals surface area contributed by atoms with Gasteiger partial charge in [0, 0.05) is 10.8 Å². The smallest absolute Gasteiger partial charge is 0.345 e. The molecule has 4 rings (SSSR count). The Morgan fingerprint density at radius 1 is 1.21 bits per heavy atom. The number of anilines is 1. The first-order chi connectivity index (χ1) is 13.7. The quantitative estimate of drug-likeness (QED) is 0.317. The van der Waals surface area contributed by atoms with Crippen LogP contribution in [0.15, 0.2) is 74.3 Å². The van der Waals surface area contributed by atoms with Crippen molar-refractivity contribution >= 4 is 33.7 Å². The SMILES string of the molecule is N#C/C(=N/Nc1ccccc1F)c1nc(-c2cc3ccccc3oc2=O)cs1. The summed E-state index contributed by atoms with van der Waals surface area (Å²) in [5.74, 6) is -0.489. The van der Waals surface area contributed by atoms with Crippen LogP contribution in [0.1, 0.15) is 5.01 Å². The van der Waals surface area contributed by atoms with Crippen LogP contribution in [0.5, 0.6) is 0 Å². The summed E-state index contributed by atoms with van der Waals surface area (Å²) < 4.78 is 19.0. The van der Waals surface area contributed by atoms with E-state index in [0.29, 0.717) is 21.8 Å². The number of hydrogen-bond donors (Lipinski definition) is 1. The van der Waals surface area contributed by atoms with Gasteiger partial charge in [-0.15, -0.1) is 11.3 Å². The van der Waals surface area contributed by atoms with Crippen molar-refractivity contribution in [2.75, 3.05) is 5.43 Å². The van der Waals surface area contributed by atoms with Crippen molar-refractivity contribution in [2.24, 2.45) is 5.10 Å². The molecule has 0 aliphatic heterocycles. The van der Waals surface area contributed by atoms with E-state index in [1.165, 1.54) is 12.1 Å². The number of fused-ring (bicyclic) bond motifs is 1. The van der Waals surface area contributed by atoms with E-state index in [9.17, 15) is 14.4 Å². The molecule has 0 spiro atoms. The van der Waals surface area contributed by atoms with Gasteiger partial charge in [-0.1, -0.05) is 30.3 Å². The van der Waals surface area contributed by atoms with E-state index in [0.717, 1.165) is 16.7 Å². The van der Waals surface area contributed by atoms with Crippen LogP contribution in [0.3, 0.4) is 0 Å².